The molecule has 4 atom stereocenters. The highest BCUT2D eigenvalue weighted by molar-refractivity contribution is 7.16. The molecule has 3 heterocycles. The number of ether oxygens (including phenoxy) is 1. The molecule has 0 aliphatic carbocycles. The van der Waals surface area contributed by atoms with Crippen LogP contribution in [0.4, 0.5) is 5.95 Å². The first-order valence-corrected chi connectivity index (χ1v) is 6.79. The largest absolute Gasteiger partial charge is 0.412 e. The van der Waals surface area contributed by atoms with E-state index in [-0.39, 0.29) is 21.8 Å². The number of aromatic amines is 1. The van der Waals surface area contributed by atoms with Crippen molar-refractivity contribution in [1.29, 1.82) is 0 Å². The number of fused-ring (bicyclic) bond motifs is 1. The van der Waals surface area contributed by atoms with Crippen LogP contribution in [-0.2, 0) is 4.74 Å². The summed E-state index contributed by atoms with van der Waals surface area (Å²) in [6.45, 7) is -0.526. The van der Waals surface area contributed by atoms with E-state index in [1.54, 1.807) is 0 Å². The second-order valence-corrected chi connectivity index (χ2v) is 5.53. The zero-order chi connectivity index (χ0) is 15.3. The van der Waals surface area contributed by atoms with Crippen LogP contribution in [0, 0.1) is 0 Å². The summed E-state index contributed by atoms with van der Waals surface area (Å²) < 4.78 is 6.26. The fourth-order valence-corrected chi connectivity index (χ4v) is 3.11. The van der Waals surface area contributed by atoms with Gasteiger partial charge in [0.2, 0.25) is 5.95 Å². The van der Waals surface area contributed by atoms with E-state index in [0.717, 1.165) is 4.57 Å². The molecular weight excluding hydrogens is 320 g/mol. The lowest BCUT2D eigenvalue weighted by Crippen LogP contribution is -2.34. The molecule has 22 heavy (non-hydrogen) atoms. The van der Waals surface area contributed by atoms with Crippen molar-refractivity contribution in [2.45, 2.75) is 24.5 Å². The predicted octanol–water partition coefficient (Wildman–Crippen LogP) is -3.48. The van der Waals surface area contributed by atoms with Gasteiger partial charge in [-0.3, -0.25) is 19.1 Å². The van der Waals surface area contributed by atoms with Crippen LogP contribution in [0.5, 0.6) is 0 Å². The highest BCUT2D eigenvalue weighted by atomic mass is 32.1. The standard InChI is InChI=1S/C10H12N4O6S.H2O/c11-9-12-6-5(7(18)13-9)21-10(19)14(6)8-4(17)3(16)2(1-15)20-8;/h2-4,8,15-17H,1H2,(H3,11,12,13,18);1H2. The number of aliphatic hydroxyl groups excluding tert-OH is 3. The van der Waals surface area contributed by atoms with E-state index in [2.05, 4.69) is 9.97 Å². The topological polar surface area (TPSA) is 195 Å². The van der Waals surface area contributed by atoms with Gasteiger partial charge in [0.05, 0.1) is 6.61 Å². The number of nitrogens with one attached hydrogen (secondary N) is 1. The second kappa shape index (κ2) is 5.75. The Morgan fingerprint density at radius 2 is 2.05 bits per heavy atom. The number of rotatable bonds is 2. The van der Waals surface area contributed by atoms with Gasteiger partial charge in [0.25, 0.3) is 5.56 Å². The molecule has 0 amide bonds. The normalized spacial score (nSPS) is 28.0. The van der Waals surface area contributed by atoms with Gasteiger partial charge in [-0.05, 0) is 0 Å². The van der Waals surface area contributed by atoms with Gasteiger partial charge in [0.15, 0.2) is 11.9 Å². The predicted molar refractivity (Wildman–Crippen MR) is 75.5 cm³/mol. The second-order valence-electron chi connectivity index (χ2n) is 4.57. The summed E-state index contributed by atoms with van der Waals surface area (Å²) >= 11 is 0.623. The van der Waals surface area contributed by atoms with Crippen LogP contribution in [0.2, 0.25) is 0 Å². The lowest BCUT2D eigenvalue weighted by atomic mass is 10.1. The Morgan fingerprint density at radius 3 is 2.64 bits per heavy atom. The van der Waals surface area contributed by atoms with E-state index in [9.17, 15) is 19.8 Å². The van der Waals surface area contributed by atoms with Crippen molar-refractivity contribution >= 4 is 27.6 Å². The number of nitrogens with two attached hydrogens (primary N) is 1. The zero-order valence-electron chi connectivity index (χ0n) is 11.0. The summed E-state index contributed by atoms with van der Waals surface area (Å²) in [5.41, 5.74) is 4.83. The minimum atomic E-state index is -1.44. The van der Waals surface area contributed by atoms with E-state index >= 15 is 0 Å². The van der Waals surface area contributed by atoms with Crippen molar-refractivity contribution < 1.29 is 25.5 Å². The fourth-order valence-electron chi connectivity index (χ4n) is 2.26. The number of aliphatic hydroxyl groups is 3. The third-order valence-corrected chi connectivity index (χ3v) is 4.21. The minimum Gasteiger partial charge on any atom is -0.412 e. The van der Waals surface area contributed by atoms with Gasteiger partial charge in [0.1, 0.15) is 23.0 Å². The quantitative estimate of drug-likeness (QED) is 0.373. The minimum absolute atomic E-state index is 0. The Bertz CT molecular complexity index is 799. The summed E-state index contributed by atoms with van der Waals surface area (Å²) in [6, 6.07) is 0. The molecule has 11 nitrogen and oxygen atoms in total. The highest BCUT2D eigenvalue weighted by Crippen LogP contribution is 2.30. The van der Waals surface area contributed by atoms with Crippen LogP contribution in [0.15, 0.2) is 9.59 Å². The molecule has 1 aliphatic heterocycles. The van der Waals surface area contributed by atoms with Gasteiger partial charge in [0, 0.05) is 0 Å². The number of H-pyrrole nitrogens is 1. The number of anilines is 1. The van der Waals surface area contributed by atoms with Crippen molar-refractivity contribution in [3.63, 3.8) is 0 Å². The van der Waals surface area contributed by atoms with Crippen LogP contribution in [0.1, 0.15) is 6.23 Å². The van der Waals surface area contributed by atoms with Crippen molar-refractivity contribution in [3.8, 4) is 0 Å². The molecule has 4 unspecified atom stereocenters. The molecule has 3 rings (SSSR count). The first-order chi connectivity index (χ1) is 9.93. The van der Waals surface area contributed by atoms with Crippen LogP contribution in [-0.4, -0.2) is 60.2 Å². The molecule has 0 spiro atoms. The van der Waals surface area contributed by atoms with Crippen molar-refractivity contribution in [1.82, 2.24) is 14.5 Å². The van der Waals surface area contributed by atoms with Crippen LogP contribution in [0.3, 0.4) is 0 Å². The van der Waals surface area contributed by atoms with Crippen molar-refractivity contribution in [2.75, 3.05) is 12.3 Å². The van der Waals surface area contributed by atoms with Gasteiger partial charge in [-0.1, -0.05) is 11.3 Å². The maximum Gasteiger partial charge on any atom is 0.311 e. The summed E-state index contributed by atoms with van der Waals surface area (Å²) in [5.74, 6) is -0.189. The van der Waals surface area contributed by atoms with Crippen molar-refractivity contribution in [3.05, 3.63) is 20.0 Å². The lowest BCUT2D eigenvalue weighted by molar-refractivity contribution is -0.0518. The molecule has 0 saturated carbocycles. The van der Waals surface area contributed by atoms with E-state index < -0.39 is 41.6 Å². The average Bonchev–Trinajstić information content (AvgIpc) is 2.89. The van der Waals surface area contributed by atoms with Crippen molar-refractivity contribution in [2.24, 2.45) is 0 Å². The number of nitrogens with zero attached hydrogens (tertiary/aromatic N) is 2. The number of hydrogen-bond acceptors (Lipinski definition) is 9. The Balaban J connectivity index is 0.00000176. The number of hydrogen-bond donors (Lipinski definition) is 5. The summed E-state index contributed by atoms with van der Waals surface area (Å²) in [4.78, 5) is 29.3. The maximum absolute atomic E-state index is 12.0. The Kier molecular flexibility index (Phi) is 4.32. The average molecular weight is 334 g/mol. The zero-order valence-corrected chi connectivity index (χ0v) is 11.8. The SMILES string of the molecule is Nc1nc2c(sc(=O)n2C2OC(CO)C(O)C2O)c(=O)[nH]1.O. The van der Waals surface area contributed by atoms with Crippen LogP contribution >= 0.6 is 11.3 Å². The van der Waals surface area contributed by atoms with Gasteiger partial charge < -0.3 is 31.3 Å². The molecule has 0 aromatic carbocycles. The summed E-state index contributed by atoms with van der Waals surface area (Å²) in [6.07, 6.45) is -5.10. The highest BCUT2D eigenvalue weighted by Gasteiger charge is 2.44. The first-order valence-electron chi connectivity index (χ1n) is 5.97. The molecular formula is C10H14N4O7S. The van der Waals surface area contributed by atoms with Gasteiger partial charge >= 0.3 is 4.87 Å². The van der Waals surface area contributed by atoms with E-state index in [0.29, 0.717) is 11.3 Å². The molecule has 0 bridgehead atoms. The fraction of sp³-hybridized carbons (Fsp3) is 0.500. The van der Waals surface area contributed by atoms with E-state index in [1.165, 1.54) is 0 Å². The molecule has 2 aromatic rings. The summed E-state index contributed by atoms with van der Waals surface area (Å²) in [7, 11) is 0. The number of aromatic nitrogens is 3. The number of thiazole rings is 1. The Labute approximate surface area is 125 Å². The van der Waals surface area contributed by atoms with Crippen LogP contribution < -0.4 is 16.2 Å². The monoisotopic (exact) mass is 334 g/mol. The van der Waals surface area contributed by atoms with Gasteiger partial charge in [-0.15, -0.1) is 0 Å². The molecule has 1 saturated heterocycles. The molecule has 0 radical (unpaired) electrons. The molecule has 122 valence electrons. The Morgan fingerprint density at radius 1 is 1.36 bits per heavy atom. The van der Waals surface area contributed by atoms with E-state index in [4.69, 9.17) is 15.6 Å². The summed E-state index contributed by atoms with van der Waals surface area (Å²) in [5, 5.41) is 28.8. The molecule has 1 aliphatic rings. The lowest BCUT2D eigenvalue weighted by Gasteiger charge is -2.15. The smallest absolute Gasteiger partial charge is 0.311 e. The molecule has 12 heteroatoms. The maximum atomic E-state index is 12.0. The van der Waals surface area contributed by atoms with Gasteiger partial charge in [-0.2, -0.15) is 4.98 Å². The third-order valence-electron chi connectivity index (χ3n) is 3.26. The van der Waals surface area contributed by atoms with Crippen LogP contribution in [0.25, 0.3) is 10.3 Å². The molecule has 1 fully saturated rings. The number of nitrogen functional groups attached to an aromatic ring is 1. The van der Waals surface area contributed by atoms with Gasteiger partial charge in [-0.25, -0.2) is 0 Å². The van der Waals surface area contributed by atoms with E-state index in [1.807, 2.05) is 0 Å². The Hall–Kier alpha value is -1.83. The first kappa shape index (κ1) is 16.5. The molecule has 2 aromatic heterocycles. The third kappa shape index (κ3) is 2.31. The molecule has 8 N–H and O–H groups in total.